The SMILES string of the molecule is Nc1cc(F)ccc1NC(=O)NC1CCCC1. The van der Waals surface area contributed by atoms with Gasteiger partial charge in [0.15, 0.2) is 0 Å². The second-order valence-electron chi connectivity index (χ2n) is 4.31. The normalized spacial score (nSPS) is 15.8. The van der Waals surface area contributed by atoms with Gasteiger partial charge in [0.1, 0.15) is 5.82 Å². The first-order valence-electron chi connectivity index (χ1n) is 5.77. The molecule has 0 unspecified atom stereocenters. The molecule has 1 fully saturated rings. The van der Waals surface area contributed by atoms with Crippen molar-refractivity contribution in [3.63, 3.8) is 0 Å². The van der Waals surface area contributed by atoms with Crippen LogP contribution in [0.3, 0.4) is 0 Å². The standard InChI is InChI=1S/C12H16FN3O/c13-8-5-6-11(10(14)7-8)16-12(17)15-9-3-1-2-4-9/h5-7,9H,1-4,14H2,(H2,15,16,17). The number of hydrogen-bond donors (Lipinski definition) is 3. The van der Waals surface area contributed by atoms with Gasteiger partial charge in [-0.2, -0.15) is 0 Å². The van der Waals surface area contributed by atoms with E-state index in [1.165, 1.54) is 18.2 Å². The Labute approximate surface area is 99.4 Å². The highest BCUT2D eigenvalue weighted by molar-refractivity contribution is 5.92. The molecule has 0 aliphatic heterocycles. The minimum atomic E-state index is -0.413. The van der Waals surface area contributed by atoms with Crippen molar-refractivity contribution in [2.75, 3.05) is 11.1 Å². The van der Waals surface area contributed by atoms with Crippen molar-refractivity contribution in [2.45, 2.75) is 31.7 Å². The molecule has 0 atom stereocenters. The Balaban J connectivity index is 1.93. The average Bonchev–Trinajstić information content (AvgIpc) is 2.75. The third-order valence-electron chi connectivity index (χ3n) is 2.95. The Morgan fingerprint density at radius 3 is 2.71 bits per heavy atom. The summed E-state index contributed by atoms with van der Waals surface area (Å²) >= 11 is 0. The van der Waals surface area contributed by atoms with Gasteiger partial charge < -0.3 is 16.4 Å². The van der Waals surface area contributed by atoms with E-state index in [-0.39, 0.29) is 17.8 Å². The van der Waals surface area contributed by atoms with Gasteiger partial charge in [-0.3, -0.25) is 0 Å². The monoisotopic (exact) mass is 237 g/mol. The molecule has 1 aliphatic rings. The molecule has 0 aromatic heterocycles. The van der Waals surface area contributed by atoms with E-state index in [9.17, 15) is 9.18 Å². The van der Waals surface area contributed by atoms with Crippen molar-refractivity contribution in [3.8, 4) is 0 Å². The quantitative estimate of drug-likeness (QED) is 0.692. The first-order valence-corrected chi connectivity index (χ1v) is 5.77. The lowest BCUT2D eigenvalue weighted by molar-refractivity contribution is 0.248. The summed E-state index contributed by atoms with van der Waals surface area (Å²) in [5.41, 5.74) is 6.26. The zero-order valence-electron chi connectivity index (χ0n) is 9.50. The Bertz CT molecular complexity index is 416. The second kappa shape index (κ2) is 5.03. The molecule has 17 heavy (non-hydrogen) atoms. The lowest BCUT2D eigenvalue weighted by atomic mass is 10.2. The van der Waals surface area contributed by atoms with Gasteiger partial charge in [-0.15, -0.1) is 0 Å². The molecule has 2 amide bonds. The number of rotatable bonds is 2. The minimum Gasteiger partial charge on any atom is -0.397 e. The zero-order valence-corrected chi connectivity index (χ0v) is 9.50. The number of nitrogens with one attached hydrogen (secondary N) is 2. The van der Waals surface area contributed by atoms with E-state index in [2.05, 4.69) is 10.6 Å². The fourth-order valence-corrected chi connectivity index (χ4v) is 2.06. The Morgan fingerprint density at radius 1 is 1.35 bits per heavy atom. The summed E-state index contributed by atoms with van der Waals surface area (Å²) in [6, 6.07) is 3.87. The summed E-state index contributed by atoms with van der Waals surface area (Å²) in [5.74, 6) is -0.413. The van der Waals surface area contributed by atoms with Gasteiger partial charge in [0, 0.05) is 6.04 Å². The number of benzene rings is 1. The number of nitrogens with two attached hydrogens (primary N) is 1. The molecule has 2 rings (SSSR count). The Hall–Kier alpha value is -1.78. The predicted octanol–water partition coefficient (Wildman–Crippen LogP) is 2.47. The molecule has 1 saturated carbocycles. The largest absolute Gasteiger partial charge is 0.397 e. The number of urea groups is 1. The maximum Gasteiger partial charge on any atom is 0.319 e. The van der Waals surface area contributed by atoms with Gasteiger partial charge in [-0.1, -0.05) is 12.8 Å². The average molecular weight is 237 g/mol. The molecule has 0 heterocycles. The number of hydrogen-bond acceptors (Lipinski definition) is 2. The third-order valence-corrected chi connectivity index (χ3v) is 2.95. The van der Waals surface area contributed by atoms with Gasteiger partial charge in [-0.05, 0) is 31.0 Å². The van der Waals surface area contributed by atoms with Crippen LogP contribution in [0.25, 0.3) is 0 Å². The number of carbonyl (C=O) groups is 1. The van der Waals surface area contributed by atoms with E-state index in [1.54, 1.807) is 0 Å². The smallest absolute Gasteiger partial charge is 0.319 e. The summed E-state index contributed by atoms with van der Waals surface area (Å²) in [7, 11) is 0. The van der Waals surface area contributed by atoms with E-state index >= 15 is 0 Å². The Morgan fingerprint density at radius 2 is 2.06 bits per heavy atom. The van der Waals surface area contributed by atoms with E-state index in [0.717, 1.165) is 25.7 Å². The topological polar surface area (TPSA) is 67.1 Å². The van der Waals surface area contributed by atoms with Crippen molar-refractivity contribution in [2.24, 2.45) is 0 Å². The first kappa shape index (κ1) is 11.7. The minimum absolute atomic E-state index is 0.228. The maximum atomic E-state index is 12.8. The van der Waals surface area contributed by atoms with Gasteiger partial charge >= 0.3 is 6.03 Å². The third kappa shape index (κ3) is 3.09. The van der Waals surface area contributed by atoms with Crippen LogP contribution in [0.4, 0.5) is 20.6 Å². The summed E-state index contributed by atoms with van der Waals surface area (Å²) < 4.78 is 12.8. The molecule has 5 heteroatoms. The van der Waals surface area contributed by atoms with E-state index in [0.29, 0.717) is 5.69 Å². The molecule has 0 spiro atoms. The van der Waals surface area contributed by atoms with Crippen molar-refractivity contribution in [3.05, 3.63) is 24.0 Å². The highest BCUT2D eigenvalue weighted by Gasteiger charge is 2.17. The number of nitrogen functional groups attached to an aromatic ring is 1. The van der Waals surface area contributed by atoms with Crippen LogP contribution in [0.5, 0.6) is 0 Å². The van der Waals surface area contributed by atoms with Gasteiger partial charge in [0.05, 0.1) is 11.4 Å². The Kier molecular flexibility index (Phi) is 3.46. The van der Waals surface area contributed by atoms with Crippen LogP contribution < -0.4 is 16.4 Å². The zero-order chi connectivity index (χ0) is 12.3. The van der Waals surface area contributed by atoms with Crippen LogP contribution in [-0.4, -0.2) is 12.1 Å². The van der Waals surface area contributed by atoms with Crippen molar-refractivity contribution < 1.29 is 9.18 Å². The maximum absolute atomic E-state index is 12.8. The highest BCUT2D eigenvalue weighted by atomic mass is 19.1. The molecule has 92 valence electrons. The van der Waals surface area contributed by atoms with Crippen molar-refractivity contribution in [1.82, 2.24) is 5.32 Å². The molecular formula is C12H16FN3O. The summed E-state index contributed by atoms with van der Waals surface area (Å²) in [6.07, 6.45) is 4.35. The fraction of sp³-hybridized carbons (Fsp3) is 0.417. The predicted molar refractivity (Wildman–Crippen MR) is 65.2 cm³/mol. The van der Waals surface area contributed by atoms with Crippen molar-refractivity contribution >= 4 is 17.4 Å². The molecular weight excluding hydrogens is 221 g/mol. The van der Waals surface area contributed by atoms with E-state index in [4.69, 9.17) is 5.73 Å². The second-order valence-corrected chi connectivity index (χ2v) is 4.31. The fourth-order valence-electron chi connectivity index (χ4n) is 2.06. The number of anilines is 2. The van der Waals surface area contributed by atoms with Crippen molar-refractivity contribution in [1.29, 1.82) is 0 Å². The van der Waals surface area contributed by atoms with Gasteiger partial charge in [0.25, 0.3) is 0 Å². The van der Waals surface area contributed by atoms with Crippen LogP contribution in [0.2, 0.25) is 0 Å². The van der Waals surface area contributed by atoms with Crippen LogP contribution in [-0.2, 0) is 0 Å². The summed E-state index contributed by atoms with van der Waals surface area (Å²) in [4.78, 5) is 11.6. The highest BCUT2D eigenvalue weighted by Crippen LogP contribution is 2.20. The van der Waals surface area contributed by atoms with E-state index in [1.807, 2.05) is 0 Å². The lowest BCUT2D eigenvalue weighted by Crippen LogP contribution is -2.36. The van der Waals surface area contributed by atoms with Gasteiger partial charge in [0.2, 0.25) is 0 Å². The van der Waals surface area contributed by atoms with Gasteiger partial charge in [-0.25, -0.2) is 9.18 Å². The molecule has 1 aliphatic carbocycles. The molecule has 4 N–H and O–H groups in total. The summed E-state index contributed by atoms with van der Waals surface area (Å²) in [6.45, 7) is 0. The van der Waals surface area contributed by atoms with Crippen LogP contribution in [0, 0.1) is 5.82 Å². The molecule has 0 bridgehead atoms. The summed E-state index contributed by atoms with van der Waals surface area (Å²) in [5, 5.41) is 5.49. The molecule has 1 aromatic carbocycles. The number of amides is 2. The molecule has 1 aromatic rings. The van der Waals surface area contributed by atoms with E-state index < -0.39 is 5.82 Å². The number of carbonyl (C=O) groups excluding carboxylic acids is 1. The molecule has 0 saturated heterocycles. The molecule has 0 radical (unpaired) electrons. The first-order chi connectivity index (χ1) is 8.15. The van der Waals surface area contributed by atoms with Crippen LogP contribution >= 0.6 is 0 Å². The van der Waals surface area contributed by atoms with Crippen LogP contribution in [0.1, 0.15) is 25.7 Å². The lowest BCUT2D eigenvalue weighted by Gasteiger charge is -2.13. The molecule has 4 nitrogen and oxygen atoms in total. The van der Waals surface area contributed by atoms with Crippen LogP contribution in [0.15, 0.2) is 18.2 Å². The number of halogens is 1.